The summed E-state index contributed by atoms with van der Waals surface area (Å²) in [5.74, 6) is 1.42. The zero-order valence-corrected chi connectivity index (χ0v) is 8.67. The van der Waals surface area contributed by atoms with Gasteiger partial charge in [-0.2, -0.15) is 0 Å². The number of methoxy groups -OCH3 is 1. The van der Waals surface area contributed by atoms with Gasteiger partial charge >= 0.3 is 0 Å². The van der Waals surface area contributed by atoms with Gasteiger partial charge in [0.05, 0.1) is 18.7 Å². The molecule has 0 saturated heterocycles. The second kappa shape index (κ2) is 3.67. The maximum atomic E-state index is 5.96. The number of rotatable bonds is 1. The maximum Gasteiger partial charge on any atom is 0.138 e. The fourth-order valence-corrected chi connectivity index (χ4v) is 1.80. The molecule has 0 bridgehead atoms. The summed E-state index contributed by atoms with van der Waals surface area (Å²) in [6, 6.07) is 3.63. The molecule has 1 aromatic rings. The molecule has 1 aromatic carbocycles. The summed E-state index contributed by atoms with van der Waals surface area (Å²) < 4.78 is 10.6. The minimum absolute atomic E-state index is 0.0184. The summed E-state index contributed by atoms with van der Waals surface area (Å²) in [5, 5.41) is 0.556. The van der Waals surface area contributed by atoms with E-state index < -0.39 is 0 Å². The van der Waals surface area contributed by atoms with Gasteiger partial charge < -0.3 is 15.2 Å². The molecule has 1 aliphatic heterocycles. The van der Waals surface area contributed by atoms with E-state index in [1.165, 1.54) is 0 Å². The van der Waals surface area contributed by atoms with E-state index in [-0.39, 0.29) is 6.04 Å². The first-order valence-electron chi connectivity index (χ1n) is 4.48. The van der Waals surface area contributed by atoms with Crippen molar-refractivity contribution in [2.75, 3.05) is 13.7 Å². The molecule has 0 amide bonds. The van der Waals surface area contributed by atoms with Crippen molar-refractivity contribution in [1.29, 1.82) is 0 Å². The standard InChI is InChI=1S/C10H12ClNO2/c1-13-10-4-6-8(12)2-3-14-9(6)5-7(10)11/h4-5,8H,2-3,12H2,1H3/t8-/m1/s1. The van der Waals surface area contributed by atoms with Gasteiger partial charge in [-0.15, -0.1) is 0 Å². The van der Waals surface area contributed by atoms with Crippen LogP contribution in [0.4, 0.5) is 0 Å². The molecule has 0 aliphatic carbocycles. The van der Waals surface area contributed by atoms with Gasteiger partial charge in [-0.05, 0) is 6.07 Å². The molecule has 14 heavy (non-hydrogen) atoms. The molecule has 0 fully saturated rings. The Hall–Kier alpha value is -0.930. The van der Waals surface area contributed by atoms with Crippen LogP contribution in [0.2, 0.25) is 5.02 Å². The van der Waals surface area contributed by atoms with Gasteiger partial charge in [0.1, 0.15) is 11.5 Å². The van der Waals surface area contributed by atoms with Gasteiger partial charge in [-0.1, -0.05) is 11.6 Å². The fraction of sp³-hybridized carbons (Fsp3) is 0.400. The van der Waals surface area contributed by atoms with Crippen LogP contribution in [0.5, 0.6) is 11.5 Å². The average molecular weight is 214 g/mol. The Kier molecular flexibility index (Phi) is 2.52. The van der Waals surface area contributed by atoms with Crippen LogP contribution in [0.3, 0.4) is 0 Å². The van der Waals surface area contributed by atoms with E-state index in [0.717, 1.165) is 17.7 Å². The Bertz CT molecular complexity index is 354. The van der Waals surface area contributed by atoms with Crippen molar-refractivity contribution in [3.8, 4) is 11.5 Å². The maximum absolute atomic E-state index is 5.96. The van der Waals surface area contributed by atoms with Crippen LogP contribution in [0.15, 0.2) is 12.1 Å². The number of fused-ring (bicyclic) bond motifs is 1. The number of nitrogens with two attached hydrogens (primary N) is 1. The fourth-order valence-electron chi connectivity index (χ4n) is 1.57. The second-order valence-electron chi connectivity index (χ2n) is 3.27. The van der Waals surface area contributed by atoms with E-state index in [1.54, 1.807) is 13.2 Å². The molecule has 2 rings (SSSR count). The molecule has 0 radical (unpaired) electrons. The molecule has 0 spiro atoms. The van der Waals surface area contributed by atoms with Gasteiger partial charge in [-0.25, -0.2) is 0 Å². The molecule has 2 N–H and O–H groups in total. The predicted molar refractivity (Wildman–Crippen MR) is 55.0 cm³/mol. The summed E-state index contributed by atoms with van der Waals surface area (Å²) in [6.07, 6.45) is 0.831. The summed E-state index contributed by atoms with van der Waals surface area (Å²) in [4.78, 5) is 0. The van der Waals surface area contributed by atoms with E-state index in [1.807, 2.05) is 6.07 Å². The molecule has 76 valence electrons. The Labute approximate surface area is 87.8 Å². The van der Waals surface area contributed by atoms with Crippen molar-refractivity contribution in [1.82, 2.24) is 0 Å². The molecule has 1 atom stereocenters. The number of hydrogen-bond donors (Lipinski definition) is 1. The highest BCUT2D eigenvalue weighted by atomic mass is 35.5. The first kappa shape index (κ1) is 9.62. The third-order valence-corrected chi connectivity index (χ3v) is 2.67. The quantitative estimate of drug-likeness (QED) is 0.777. The summed E-state index contributed by atoms with van der Waals surface area (Å²) in [6.45, 7) is 0.650. The molecule has 0 saturated carbocycles. The Morgan fingerprint density at radius 3 is 3.07 bits per heavy atom. The van der Waals surface area contributed by atoms with E-state index in [9.17, 15) is 0 Å². The topological polar surface area (TPSA) is 44.5 Å². The number of benzene rings is 1. The lowest BCUT2D eigenvalue weighted by atomic mass is 10.0. The predicted octanol–water partition coefficient (Wildman–Crippen LogP) is 2.13. The highest BCUT2D eigenvalue weighted by Gasteiger charge is 2.20. The van der Waals surface area contributed by atoms with Crippen molar-refractivity contribution >= 4 is 11.6 Å². The number of hydrogen-bond acceptors (Lipinski definition) is 3. The van der Waals surface area contributed by atoms with Crippen molar-refractivity contribution in [3.63, 3.8) is 0 Å². The summed E-state index contributed by atoms with van der Waals surface area (Å²) in [7, 11) is 1.59. The molecule has 3 nitrogen and oxygen atoms in total. The Morgan fingerprint density at radius 1 is 1.57 bits per heavy atom. The molecule has 1 heterocycles. The van der Waals surface area contributed by atoms with Crippen LogP contribution in [-0.4, -0.2) is 13.7 Å². The lowest BCUT2D eigenvalue weighted by molar-refractivity contribution is 0.268. The first-order chi connectivity index (χ1) is 6.72. The molecule has 4 heteroatoms. The highest BCUT2D eigenvalue weighted by Crippen LogP contribution is 2.38. The smallest absolute Gasteiger partial charge is 0.138 e. The Morgan fingerprint density at radius 2 is 2.36 bits per heavy atom. The van der Waals surface area contributed by atoms with Crippen molar-refractivity contribution in [2.24, 2.45) is 5.73 Å². The lowest BCUT2D eigenvalue weighted by Gasteiger charge is -2.23. The van der Waals surface area contributed by atoms with Gasteiger partial charge in [-0.3, -0.25) is 0 Å². The summed E-state index contributed by atoms with van der Waals surface area (Å²) in [5.41, 5.74) is 6.91. The van der Waals surface area contributed by atoms with Crippen LogP contribution >= 0.6 is 11.6 Å². The normalized spacial score (nSPS) is 19.8. The molecule has 0 aromatic heterocycles. The molecule has 0 unspecified atom stereocenters. The monoisotopic (exact) mass is 213 g/mol. The molecular formula is C10H12ClNO2. The second-order valence-corrected chi connectivity index (χ2v) is 3.68. The van der Waals surface area contributed by atoms with E-state index >= 15 is 0 Å². The van der Waals surface area contributed by atoms with E-state index in [0.29, 0.717) is 17.4 Å². The third-order valence-electron chi connectivity index (χ3n) is 2.37. The van der Waals surface area contributed by atoms with Crippen molar-refractivity contribution in [3.05, 3.63) is 22.7 Å². The summed E-state index contributed by atoms with van der Waals surface area (Å²) >= 11 is 5.96. The van der Waals surface area contributed by atoms with Gasteiger partial charge in [0.15, 0.2) is 0 Å². The van der Waals surface area contributed by atoms with Gasteiger partial charge in [0.2, 0.25) is 0 Å². The molecular weight excluding hydrogens is 202 g/mol. The minimum Gasteiger partial charge on any atom is -0.495 e. The minimum atomic E-state index is 0.0184. The Balaban J connectivity index is 2.49. The van der Waals surface area contributed by atoms with Crippen LogP contribution in [0.1, 0.15) is 18.0 Å². The van der Waals surface area contributed by atoms with Crippen LogP contribution in [0.25, 0.3) is 0 Å². The SMILES string of the molecule is COc1cc2c(cc1Cl)OCC[C@H]2N. The van der Waals surface area contributed by atoms with E-state index in [2.05, 4.69) is 0 Å². The highest BCUT2D eigenvalue weighted by molar-refractivity contribution is 6.32. The number of ether oxygens (including phenoxy) is 2. The largest absolute Gasteiger partial charge is 0.495 e. The average Bonchev–Trinajstić information content (AvgIpc) is 2.17. The zero-order chi connectivity index (χ0) is 10.1. The third kappa shape index (κ3) is 1.53. The van der Waals surface area contributed by atoms with E-state index in [4.69, 9.17) is 26.8 Å². The zero-order valence-electron chi connectivity index (χ0n) is 7.92. The van der Waals surface area contributed by atoms with Crippen molar-refractivity contribution in [2.45, 2.75) is 12.5 Å². The first-order valence-corrected chi connectivity index (χ1v) is 4.86. The van der Waals surface area contributed by atoms with Crippen LogP contribution < -0.4 is 15.2 Å². The lowest BCUT2D eigenvalue weighted by Crippen LogP contribution is -2.20. The molecule has 1 aliphatic rings. The van der Waals surface area contributed by atoms with Gasteiger partial charge in [0, 0.05) is 24.1 Å². The number of halogens is 1. The van der Waals surface area contributed by atoms with Crippen LogP contribution in [0, 0.1) is 0 Å². The van der Waals surface area contributed by atoms with Gasteiger partial charge in [0.25, 0.3) is 0 Å². The van der Waals surface area contributed by atoms with Crippen LogP contribution in [-0.2, 0) is 0 Å². The van der Waals surface area contributed by atoms with Crippen molar-refractivity contribution < 1.29 is 9.47 Å².